The topological polar surface area (TPSA) is 177 Å². The molecule has 2 aromatic rings. The molecule has 2 rings (SSSR count). The summed E-state index contributed by atoms with van der Waals surface area (Å²) in [5.74, 6) is -5.63. The Morgan fingerprint density at radius 3 is 1.45 bits per heavy atom. The molecule has 0 aliphatic carbocycles. The summed E-state index contributed by atoms with van der Waals surface area (Å²) in [7, 11) is 0. The normalized spacial score (nSPS) is 12.5. The Morgan fingerprint density at radius 2 is 1.21 bits per heavy atom. The van der Waals surface area contributed by atoms with E-state index >= 15 is 0 Å². The number of hydrogen-bond acceptors (Lipinski definition) is 8. The van der Waals surface area contributed by atoms with Gasteiger partial charge >= 0.3 is 23.9 Å². The first-order valence-corrected chi connectivity index (χ1v) is 9.81. The lowest BCUT2D eigenvalue weighted by Crippen LogP contribution is -2.45. The van der Waals surface area contributed by atoms with E-state index in [1.807, 2.05) is 13.0 Å². The fourth-order valence-corrected chi connectivity index (χ4v) is 2.26. The SMILES string of the molecule is CC[C@@H](N)CC#N.O=C(OC(C(=O)O)C(OC(=O)c1ccccc1)C(=O)O)c1ccccc1. The summed E-state index contributed by atoms with van der Waals surface area (Å²) in [6.45, 7) is 1.97. The van der Waals surface area contributed by atoms with Crippen molar-refractivity contribution in [1.82, 2.24) is 0 Å². The highest BCUT2D eigenvalue weighted by Crippen LogP contribution is 2.13. The first-order chi connectivity index (χ1) is 15.7. The number of nitrogens with two attached hydrogens (primary N) is 1. The predicted molar refractivity (Wildman–Crippen MR) is 115 cm³/mol. The second kappa shape index (κ2) is 14.0. The maximum absolute atomic E-state index is 12.0. The Bertz CT molecular complexity index is 903. The quantitative estimate of drug-likeness (QED) is 0.474. The van der Waals surface area contributed by atoms with E-state index in [1.165, 1.54) is 48.5 Å². The molecule has 2 aromatic carbocycles. The van der Waals surface area contributed by atoms with Gasteiger partial charge in [-0.3, -0.25) is 0 Å². The number of nitriles is 1. The largest absolute Gasteiger partial charge is 0.478 e. The van der Waals surface area contributed by atoms with Gasteiger partial charge in [-0.05, 0) is 30.7 Å². The van der Waals surface area contributed by atoms with Crippen molar-refractivity contribution >= 4 is 23.9 Å². The van der Waals surface area contributed by atoms with E-state index in [9.17, 15) is 29.4 Å². The molecule has 10 heteroatoms. The lowest BCUT2D eigenvalue weighted by molar-refractivity contribution is -0.166. The zero-order valence-electron chi connectivity index (χ0n) is 17.8. The maximum atomic E-state index is 12.0. The highest BCUT2D eigenvalue weighted by atomic mass is 16.6. The van der Waals surface area contributed by atoms with E-state index in [1.54, 1.807) is 12.1 Å². The highest BCUT2D eigenvalue weighted by Gasteiger charge is 2.40. The molecule has 0 saturated heterocycles. The third-order valence-electron chi connectivity index (χ3n) is 4.13. The van der Waals surface area contributed by atoms with Crippen LogP contribution in [0.15, 0.2) is 60.7 Å². The number of carbonyl (C=O) groups excluding carboxylic acids is 2. The fraction of sp³-hybridized carbons (Fsp3) is 0.261. The average molecular weight is 456 g/mol. The summed E-state index contributed by atoms with van der Waals surface area (Å²) >= 11 is 0. The molecular weight excluding hydrogens is 432 g/mol. The second-order valence-corrected chi connectivity index (χ2v) is 6.59. The minimum atomic E-state index is -2.21. The van der Waals surface area contributed by atoms with Crippen LogP contribution in [0.5, 0.6) is 0 Å². The van der Waals surface area contributed by atoms with E-state index in [0.29, 0.717) is 6.42 Å². The van der Waals surface area contributed by atoms with Gasteiger partial charge in [-0.15, -0.1) is 0 Å². The molecule has 0 heterocycles. The van der Waals surface area contributed by atoms with Crippen molar-refractivity contribution in [2.24, 2.45) is 5.73 Å². The third-order valence-corrected chi connectivity index (χ3v) is 4.13. The number of aliphatic carboxylic acids is 2. The van der Waals surface area contributed by atoms with Crippen LogP contribution in [-0.2, 0) is 19.1 Å². The van der Waals surface area contributed by atoms with Gasteiger partial charge < -0.3 is 25.4 Å². The highest BCUT2D eigenvalue weighted by molar-refractivity contribution is 5.95. The van der Waals surface area contributed by atoms with E-state index in [0.717, 1.165) is 6.42 Å². The number of benzene rings is 2. The summed E-state index contributed by atoms with van der Waals surface area (Å²) in [6.07, 6.45) is -3.05. The lowest BCUT2D eigenvalue weighted by atomic mass is 10.1. The molecule has 0 amide bonds. The Hall–Kier alpha value is -4.23. The number of ether oxygens (including phenoxy) is 2. The van der Waals surface area contributed by atoms with E-state index in [2.05, 4.69) is 0 Å². The van der Waals surface area contributed by atoms with Crippen LogP contribution in [0.2, 0.25) is 0 Å². The molecule has 0 spiro atoms. The molecular formula is C23H24N2O8. The molecule has 0 fully saturated rings. The zero-order chi connectivity index (χ0) is 24.8. The van der Waals surface area contributed by atoms with Gasteiger partial charge in [-0.2, -0.15) is 5.26 Å². The van der Waals surface area contributed by atoms with Crippen LogP contribution >= 0.6 is 0 Å². The van der Waals surface area contributed by atoms with Gasteiger partial charge in [0.05, 0.1) is 23.6 Å². The van der Waals surface area contributed by atoms with Gasteiger partial charge in [-0.1, -0.05) is 43.3 Å². The van der Waals surface area contributed by atoms with Crippen LogP contribution in [-0.4, -0.2) is 52.3 Å². The van der Waals surface area contributed by atoms with Crippen molar-refractivity contribution in [2.45, 2.75) is 38.0 Å². The van der Waals surface area contributed by atoms with Gasteiger partial charge in [0, 0.05) is 6.04 Å². The Balaban J connectivity index is 0.000000675. The molecule has 174 valence electrons. The molecule has 2 unspecified atom stereocenters. The van der Waals surface area contributed by atoms with Crippen molar-refractivity contribution < 1.29 is 38.9 Å². The van der Waals surface area contributed by atoms with Gasteiger partial charge in [0.15, 0.2) is 0 Å². The Kier molecular flexibility index (Phi) is 11.3. The second-order valence-electron chi connectivity index (χ2n) is 6.59. The van der Waals surface area contributed by atoms with Gasteiger partial charge in [0.1, 0.15) is 0 Å². The van der Waals surface area contributed by atoms with Gasteiger partial charge in [0.25, 0.3) is 0 Å². The van der Waals surface area contributed by atoms with Crippen LogP contribution in [0.3, 0.4) is 0 Å². The molecule has 0 aliphatic heterocycles. The number of carboxylic acid groups (broad SMARTS) is 2. The fourth-order valence-electron chi connectivity index (χ4n) is 2.26. The number of hydrogen-bond donors (Lipinski definition) is 3. The van der Waals surface area contributed by atoms with Crippen molar-refractivity contribution in [3.8, 4) is 6.07 Å². The molecule has 0 aliphatic rings. The maximum Gasteiger partial charge on any atom is 0.349 e. The van der Waals surface area contributed by atoms with Crippen molar-refractivity contribution in [3.63, 3.8) is 0 Å². The molecule has 3 atom stereocenters. The Labute approximate surface area is 190 Å². The Morgan fingerprint density at radius 1 is 0.848 bits per heavy atom. The van der Waals surface area contributed by atoms with Crippen molar-refractivity contribution in [2.75, 3.05) is 0 Å². The first-order valence-electron chi connectivity index (χ1n) is 9.81. The molecule has 10 nitrogen and oxygen atoms in total. The molecule has 0 radical (unpaired) electrons. The van der Waals surface area contributed by atoms with Crippen LogP contribution in [0.1, 0.15) is 40.5 Å². The van der Waals surface area contributed by atoms with Crippen molar-refractivity contribution in [3.05, 3.63) is 71.8 Å². The number of carbonyl (C=O) groups is 4. The van der Waals surface area contributed by atoms with Gasteiger partial charge in [0.2, 0.25) is 12.2 Å². The average Bonchev–Trinajstić information content (AvgIpc) is 2.82. The summed E-state index contributed by atoms with van der Waals surface area (Å²) in [4.78, 5) is 46.8. The standard InChI is InChI=1S/C18H14O8.C5H10N2/c19-15(20)13(25-17(23)11-7-3-1-4-8-11)14(16(21)22)26-18(24)12-9-5-2-6-10-12;1-2-5(7)3-4-6/h1-10,13-14H,(H,19,20)(H,21,22);5H,2-3,7H2,1H3/t;5-/m.1/s1. The van der Waals surface area contributed by atoms with Crippen molar-refractivity contribution in [1.29, 1.82) is 5.26 Å². The van der Waals surface area contributed by atoms with E-state index in [4.69, 9.17) is 20.5 Å². The summed E-state index contributed by atoms with van der Waals surface area (Å²) in [6, 6.07) is 16.9. The monoisotopic (exact) mass is 456 g/mol. The summed E-state index contributed by atoms with van der Waals surface area (Å²) < 4.78 is 9.52. The number of nitrogens with zero attached hydrogens (tertiary/aromatic N) is 1. The molecule has 33 heavy (non-hydrogen) atoms. The minimum Gasteiger partial charge on any atom is -0.478 e. The minimum absolute atomic E-state index is 0.0253. The molecule has 0 saturated carbocycles. The van der Waals surface area contributed by atoms with E-state index < -0.39 is 36.1 Å². The molecule has 4 N–H and O–H groups in total. The lowest BCUT2D eigenvalue weighted by Gasteiger charge is -2.21. The third kappa shape index (κ3) is 9.20. The zero-order valence-corrected chi connectivity index (χ0v) is 17.8. The van der Waals surface area contributed by atoms with Crippen LogP contribution < -0.4 is 5.73 Å². The van der Waals surface area contributed by atoms with Crippen LogP contribution in [0.25, 0.3) is 0 Å². The van der Waals surface area contributed by atoms with Crippen LogP contribution in [0, 0.1) is 11.3 Å². The summed E-state index contributed by atoms with van der Waals surface area (Å²) in [5, 5.41) is 26.5. The summed E-state index contributed by atoms with van der Waals surface area (Å²) in [5.41, 5.74) is 5.41. The molecule has 0 bridgehead atoms. The number of rotatable bonds is 9. The number of esters is 2. The molecule has 0 aromatic heterocycles. The first kappa shape index (κ1) is 26.8. The predicted octanol–water partition coefficient (Wildman–Crippen LogP) is 2.24. The van der Waals surface area contributed by atoms with Gasteiger partial charge in [-0.25, -0.2) is 19.2 Å². The van der Waals surface area contributed by atoms with Crippen LogP contribution in [0.4, 0.5) is 0 Å². The number of carboxylic acids is 2. The van der Waals surface area contributed by atoms with E-state index in [-0.39, 0.29) is 17.2 Å². The smallest absolute Gasteiger partial charge is 0.349 e.